The molecule has 136 valence electrons. The molecule has 1 N–H and O–H groups in total. The standard InChI is InChI=1S/C16H11F3N2O5/c1-26-15(23)12-7-6-11(21(24)25)8-13(12)20-14(22)9-2-4-10(5-3-9)16(17,18)19/h2-8H,1H3,(H,20,22). The monoisotopic (exact) mass is 368 g/mol. The van der Waals surface area contributed by atoms with Crippen LogP contribution < -0.4 is 5.32 Å². The van der Waals surface area contributed by atoms with E-state index in [9.17, 15) is 32.9 Å². The van der Waals surface area contributed by atoms with Crippen molar-refractivity contribution < 1.29 is 32.4 Å². The summed E-state index contributed by atoms with van der Waals surface area (Å²) < 4.78 is 42.2. The molecule has 26 heavy (non-hydrogen) atoms. The summed E-state index contributed by atoms with van der Waals surface area (Å²) in [5.41, 5.74) is -1.78. The van der Waals surface area contributed by atoms with Gasteiger partial charge in [-0.05, 0) is 30.3 Å². The van der Waals surface area contributed by atoms with Gasteiger partial charge in [0.05, 0.1) is 28.8 Å². The number of amides is 1. The van der Waals surface area contributed by atoms with Crippen molar-refractivity contribution in [2.75, 3.05) is 12.4 Å². The van der Waals surface area contributed by atoms with Crippen molar-refractivity contribution in [2.45, 2.75) is 6.18 Å². The Balaban J connectivity index is 2.34. The van der Waals surface area contributed by atoms with Crippen molar-refractivity contribution in [1.29, 1.82) is 0 Å². The van der Waals surface area contributed by atoms with Crippen LogP contribution in [0.25, 0.3) is 0 Å². The lowest BCUT2D eigenvalue weighted by molar-refractivity contribution is -0.384. The van der Waals surface area contributed by atoms with Gasteiger partial charge in [0.15, 0.2) is 0 Å². The summed E-state index contributed by atoms with van der Waals surface area (Å²) in [5.74, 6) is -1.69. The van der Waals surface area contributed by atoms with Crippen LogP contribution in [0.5, 0.6) is 0 Å². The van der Waals surface area contributed by atoms with Gasteiger partial charge >= 0.3 is 12.1 Å². The summed E-state index contributed by atoms with van der Waals surface area (Å²) in [4.78, 5) is 34.1. The second-order valence-corrected chi connectivity index (χ2v) is 5.01. The van der Waals surface area contributed by atoms with Gasteiger partial charge < -0.3 is 10.1 Å². The molecule has 0 saturated carbocycles. The molecule has 0 fully saturated rings. The number of rotatable bonds is 4. The number of nitro benzene ring substituents is 1. The van der Waals surface area contributed by atoms with Crippen molar-refractivity contribution in [3.8, 4) is 0 Å². The maximum atomic E-state index is 12.6. The largest absolute Gasteiger partial charge is 0.465 e. The van der Waals surface area contributed by atoms with Gasteiger partial charge in [-0.25, -0.2) is 4.79 Å². The van der Waals surface area contributed by atoms with E-state index in [0.717, 1.165) is 49.6 Å². The average molecular weight is 368 g/mol. The fourth-order valence-corrected chi connectivity index (χ4v) is 2.04. The number of nitrogens with zero attached hydrogens (tertiary/aromatic N) is 1. The first-order chi connectivity index (χ1) is 12.1. The van der Waals surface area contributed by atoms with Crippen LogP contribution in [0, 0.1) is 10.1 Å². The zero-order valence-corrected chi connectivity index (χ0v) is 13.2. The highest BCUT2D eigenvalue weighted by Crippen LogP contribution is 2.29. The molecular formula is C16H11F3N2O5. The molecule has 2 rings (SSSR count). The molecule has 0 aliphatic heterocycles. The Morgan fingerprint density at radius 2 is 1.73 bits per heavy atom. The number of carbonyl (C=O) groups is 2. The number of carbonyl (C=O) groups excluding carboxylic acids is 2. The van der Waals surface area contributed by atoms with E-state index in [2.05, 4.69) is 10.1 Å². The summed E-state index contributed by atoms with van der Waals surface area (Å²) in [6.45, 7) is 0. The van der Waals surface area contributed by atoms with E-state index in [-0.39, 0.29) is 22.5 Å². The lowest BCUT2D eigenvalue weighted by Crippen LogP contribution is -2.16. The maximum absolute atomic E-state index is 12.6. The third-order valence-electron chi connectivity index (χ3n) is 3.34. The van der Waals surface area contributed by atoms with E-state index in [4.69, 9.17) is 0 Å². The first kappa shape index (κ1) is 18.9. The second-order valence-electron chi connectivity index (χ2n) is 5.01. The van der Waals surface area contributed by atoms with Crippen LogP contribution in [0.3, 0.4) is 0 Å². The highest BCUT2D eigenvalue weighted by molar-refractivity contribution is 6.08. The van der Waals surface area contributed by atoms with Crippen molar-refractivity contribution in [1.82, 2.24) is 0 Å². The second kappa shape index (κ2) is 7.21. The number of nitrogens with one attached hydrogen (secondary N) is 1. The molecule has 0 aliphatic rings. The summed E-state index contributed by atoms with van der Waals surface area (Å²) >= 11 is 0. The van der Waals surface area contributed by atoms with Gasteiger partial charge in [-0.15, -0.1) is 0 Å². The normalized spacial score (nSPS) is 10.9. The maximum Gasteiger partial charge on any atom is 0.416 e. The highest BCUT2D eigenvalue weighted by atomic mass is 19.4. The minimum absolute atomic E-state index is 0.125. The predicted octanol–water partition coefficient (Wildman–Crippen LogP) is 3.65. The molecular weight excluding hydrogens is 357 g/mol. The molecule has 0 heterocycles. The molecule has 0 aromatic heterocycles. The fraction of sp³-hybridized carbons (Fsp3) is 0.125. The van der Waals surface area contributed by atoms with Gasteiger partial charge in [0.2, 0.25) is 0 Å². The number of esters is 1. The number of nitro groups is 1. The quantitative estimate of drug-likeness (QED) is 0.505. The van der Waals surface area contributed by atoms with Crippen LogP contribution in [-0.2, 0) is 10.9 Å². The number of anilines is 1. The molecule has 1 amide bonds. The molecule has 0 saturated heterocycles. The first-order valence-corrected chi connectivity index (χ1v) is 6.99. The molecule has 0 aliphatic carbocycles. The van der Waals surface area contributed by atoms with E-state index in [1.807, 2.05) is 0 Å². The van der Waals surface area contributed by atoms with Crippen LogP contribution in [0.4, 0.5) is 24.5 Å². The minimum Gasteiger partial charge on any atom is -0.465 e. The van der Waals surface area contributed by atoms with Crippen LogP contribution in [0.15, 0.2) is 42.5 Å². The topological polar surface area (TPSA) is 98.5 Å². The Bertz CT molecular complexity index is 863. The Morgan fingerprint density at radius 3 is 2.23 bits per heavy atom. The average Bonchev–Trinajstić information content (AvgIpc) is 2.60. The lowest BCUT2D eigenvalue weighted by Gasteiger charge is -2.11. The number of hydrogen-bond acceptors (Lipinski definition) is 5. The number of ether oxygens (including phenoxy) is 1. The molecule has 0 bridgehead atoms. The summed E-state index contributed by atoms with van der Waals surface area (Å²) in [7, 11) is 1.09. The molecule has 7 nitrogen and oxygen atoms in total. The fourth-order valence-electron chi connectivity index (χ4n) is 2.04. The number of methoxy groups -OCH3 is 1. The minimum atomic E-state index is -4.55. The van der Waals surface area contributed by atoms with Gasteiger partial charge in [-0.3, -0.25) is 14.9 Å². The number of alkyl halides is 3. The molecule has 0 unspecified atom stereocenters. The highest BCUT2D eigenvalue weighted by Gasteiger charge is 2.30. The van der Waals surface area contributed by atoms with E-state index < -0.39 is 28.5 Å². The van der Waals surface area contributed by atoms with E-state index >= 15 is 0 Å². The number of non-ortho nitro benzene ring substituents is 1. The Kier molecular flexibility index (Phi) is 5.24. The Labute approximate surface area is 144 Å². The zero-order valence-electron chi connectivity index (χ0n) is 13.2. The van der Waals surface area contributed by atoms with Crippen LogP contribution >= 0.6 is 0 Å². The van der Waals surface area contributed by atoms with Crippen LogP contribution in [-0.4, -0.2) is 23.9 Å². The van der Waals surface area contributed by atoms with Gasteiger partial charge in [0.1, 0.15) is 0 Å². The number of halogens is 3. The molecule has 0 spiro atoms. The van der Waals surface area contributed by atoms with Crippen LogP contribution in [0.2, 0.25) is 0 Å². The summed E-state index contributed by atoms with van der Waals surface area (Å²) in [5, 5.41) is 13.1. The Morgan fingerprint density at radius 1 is 1.12 bits per heavy atom. The molecule has 10 heteroatoms. The molecule has 0 atom stereocenters. The van der Waals surface area contributed by atoms with Crippen LogP contribution in [0.1, 0.15) is 26.3 Å². The van der Waals surface area contributed by atoms with Crippen molar-refractivity contribution in [3.05, 3.63) is 69.3 Å². The van der Waals surface area contributed by atoms with Crippen molar-refractivity contribution in [2.24, 2.45) is 0 Å². The smallest absolute Gasteiger partial charge is 0.416 e. The van der Waals surface area contributed by atoms with Crippen molar-refractivity contribution in [3.63, 3.8) is 0 Å². The molecule has 2 aromatic carbocycles. The first-order valence-electron chi connectivity index (χ1n) is 6.99. The van der Waals surface area contributed by atoms with Gasteiger partial charge in [0.25, 0.3) is 11.6 Å². The number of hydrogen-bond donors (Lipinski definition) is 1. The predicted molar refractivity (Wildman–Crippen MR) is 83.8 cm³/mol. The molecule has 0 radical (unpaired) electrons. The molecule has 2 aromatic rings. The summed E-state index contributed by atoms with van der Waals surface area (Å²) in [6, 6.07) is 6.47. The van der Waals surface area contributed by atoms with E-state index in [1.165, 1.54) is 0 Å². The van der Waals surface area contributed by atoms with Gasteiger partial charge in [-0.2, -0.15) is 13.2 Å². The van der Waals surface area contributed by atoms with Gasteiger partial charge in [0, 0.05) is 17.7 Å². The summed E-state index contributed by atoms with van der Waals surface area (Å²) in [6.07, 6.45) is -4.55. The SMILES string of the molecule is COC(=O)c1ccc([N+](=O)[O-])cc1NC(=O)c1ccc(C(F)(F)F)cc1. The Hall–Kier alpha value is -3.43. The number of benzene rings is 2. The van der Waals surface area contributed by atoms with E-state index in [1.54, 1.807) is 0 Å². The zero-order chi connectivity index (χ0) is 19.5. The van der Waals surface area contributed by atoms with Gasteiger partial charge in [-0.1, -0.05) is 0 Å². The third kappa shape index (κ3) is 4.15. The third-order valence-corrected chi connectivity index (χ3v) is 3.34. The lowest BCUT2D eigenvalue weighted by atomic mass is 10.1. The van der Waals surface area contributed by atoms with Crippen molar-refractivity contribution >= 4 is 23.3 Å². The van der Waals surface area contributed by atoms with E-state index in [0.29, 0.717) is 0 Å².